The van der Waals surface area contributed by atoms with E-state index >= 15 is 0 Å². The monoisotopic (exact) mass is 806 g/mol. The molecule has 2 aliphatic heterocycles. The number of alkyl carbamates (subject to hydrolysis) is 2. The predicted octanol–water partition coefficient (Wildman–Crippen LogP) is 7.06. The molecule has 2 aromatic heterocycles. The van der Waals surface area contributed by atoms with Gasteiger partial charge in [0.1, 0.15) is 36.1 Å². The molecule has 4 heterocycles. The first-order chi connectivity index (χ1) is 28.4. The van der Waals surface area contributed by atoms with Crippen LogP contribution in [-0.2, 0) is 32.1 Å². The molecular formula is C44H54N8O7. The van der Waals surface area contributed by atoms with Crippen molar-refractivity contribution in [2.75, 3.05) is 14.2 Å². The quantitative estimate of drug-likeness (QED) is 0.0829. The smallest absolute Gasteiger partial charge is 0.407 e. The molecule has 4 amide bonds. The van der Waals surface area contributed by atoms with E-state index in [4.69, 9.17) is 19.4 Å². The number of nitrogens with zero attached hydrogens (tertiary/aromatic N) is 3. The van der Waals surface area contributed by atoms with Crippen molar-refractivity contribution >= 4 is 45.8 Å². The van der Waals surface area contributed by atoms with Gasteiger partial charge in [0.05, 0.1) is 43.2 Å². The highest BCUT2D eigenvalue weighted by Gasteiger charge is 2.41. The first-order valence-corrected chi connectivity index (χ1v) is 20.5. The van der Waals surface area contributed by atoms with Gasteiger partial charge in [-0.2, -0.15) is 0 Å². The number of amides is 4. The van der Waals surface area contributed by atoms with Crippen LogP contribution >= 0.6 is 0 Å². The van der Waals surface area contributed by atoms with E-state index in [-0.39, 0.29) is 35.9 Å². The molecule has 7 rings (SSSR count). The molecule has 3 aromatic carbocycles. The Hall–Kier alpha value is -6.12. The third-order valence-electron chi connectivity index (χ3n) is 11.6. The van der Waals surface area contributed by atoms with Crippen molar-refractivity contribution in [3.63, 3.8) is 0 Å². The average Bonchev–Trinajstić information content (AvgIpc) is 3.99. The van der Waals surface area contributed by atoms with E-state index in [1.54, 1.807) is 0 Å². The van der Waals surface area contributed by atoms with Crippen LogP contribution in [0.5, 0.6) is 5.75 Å². The summed E-state index contributed by atoms with van der Waals surface area (Å²) in [5.41, 5.74) is 6.83. The van der Waals surface area contributed by atoms with Crippen molar-refractivity contribution in [1.29, 1.82) is 0 Å². The zero-order valence-electron chi connectivity index (χ0n) is 34.7. The van der Waals surface area contributed by atoms with Crippen LogP contribution in [0, 0.1) is 5.92 Å². The summed E-state index contributed by atoms with van der Waals surface area (Å²) in [7, 11) is 2.57. The van der Waals surface area contributed by atoms with Crippen molar-refractivity contribution in [3.8, 4) is 28.1 Å². The van der Waals surface area contributed by atoms with Gasteiger partial charge >= 0.3 is 12.2 Å². The molecule has 312 valence electrons. The van der Waals surface area contributed by atoms with Crippen LogP contribution in [-0.4, -0.2) is 87.2 Å². The van der Waals surface area contributed by atoms with Crippen molar-refractivity contribution in [2.45, 2.75) is 110 Å². The highest BCUT2D eigenvalue weighted by molar-refractivity contribution is 6.07. The van der Waals surface area contributed by atoms with E-state index in [2.05, 4.69) is 73.1 Å². The normalized spacial score (nSPS) is 17.5. The number of carbonyl (C=O) groups is 4. The van der Waals surface area contributed by atoms with Gasteiger partial charge in [-0.3, -0.25) is 9.59 Å². The Morgan fingerprint density at radius 1 is 0.949 bits per heavy atom. The lowest BCUT2D eigenvalue weighted by Gasteiger charge is -2.32. The van der Waals surface area contributed by atoms with E-state index in [0.29, 0.717) is 25.3 Å². The van der Waals surface area contributed by atoms with Gasteiger partial charge in [-0.25, -0.2) is 19.6 Å². The minimum absolute atomic E-state index is 0.00849. The molecule has 0 saturated carbocycles. The lowest BCUT2D eigenvalue weighted by molar-refractivity contribution is -0.137. The molecule has 0 radical (unpaired) electrons. The highest BCUT2D eigenvalue weighted by Crippen LogP contribution is 2.43. The molecule has 1 saturated heterocycles. The third-order valence-corrected chi connectivity index (χ3v) is 11.6. The van der Waals surface area contributed by atoms with E-state index in [0.717, 1.165) is 87.0 Å². The summed E-state index contributed by atoms with van der Waals surface area (Å²) in [5, 5.41) is 10.3. The van der Waals surface area contributed by atoms with Crippen LogP contribution in [0.25, 0.3) is 44.2 Å². The number of aromatic nitrogens is 4. The number of imidazole rings is 2. The fraction of sp³-hybridized carbons (Fsp3) is 0.455. The van der Waals surface area contributed by atoms with Gasteiger partial charge in [-0.1, -0.05) is 39.0 Å². The van der Waals surface area contributed by atoms with Gasteiger partial charge in [-0.15, -0.1) is 0 Å². The molecular weight excluding hydrogens is 753 g/mol. The maximum atomic E-state index is 13.8. The Kier molecular flexibility index (Phi) is 12.1. The molecule has 0 aliphatic carbocycles. The van der Waals surface area contributed by atoms with Crippen LogP contribution < -0.4 is 20.7 Å². The number of hydrogen-bond acceptors (Lipinski definition) is 9. The number of nitrogens with one attached hydrogen (secondary N) is 5. The summed E-state index contributed by atoms with van der Waals surface area (Å²) >= 11 is 0. The number of methoxy groups -OCH3 is 2. The Morgan fingerprint density at radius 2 is 1.73 bits per heavy atom. The lowest BCUT2D eigenvalue weighted by Crippen LogP contribution is -2.52. The van der Waals surface area contributed by atoms with Crippen LogP contribution in [0.2, 0.25) is 0 Å². The second-order valence-corrected chi connectivity index (χ2v) is 16.0. The number of aromatic amines is 2. The van der Waals surface area contributed by atoms with E-state index in [1.807, 2.05) is 45.7 Å². The van der Waals surface area contributed by atoms with E-state index in [1.165, 1.54) is 14.2 Å². The lowest BCUT2D eigenvalue weighted by atomic mass is 9.92. The average molecular weight is 807 g/mol. The molecule has 0 spiro atoms. The first-order valence-electron chi connectivity index (χ1n) is 20.5. The third kappa shape index (κ3) is 8.55. The SMILES string of the molecule is CCC(NC(=O)OC)C(=O)NC(C)CCCc1nc2c(ccc3cc4c(cc32)OCc2cc(-c3cnc(C5CCC(C)N5C(=O)C(NC(=O)OC)C(C)C)[nH]3)ccc2-4)[nH]1. The number of aryl methyl sites for hydroxylation is 1. The minimum Gasteiger partial charge on any atom is -0.488 e. The molecule has 0 bridgehead atoms. The fourth-order valence-electron chi connectivity index (χ4n) is 8.31. The Morgan fingerprint density at radius 3 is 2.47 bits per heavy atom. The molecule has 15 nitrogen and oxygen atoms in total. The molecule has 15 heteroatoms. The summed E-state index contributed by atoms with van der Waals surface area (Å²) in [6.45, 7) is 10.0. The topological polar surface area (TPSA) is 193 Å². The number of benzene rings is 3. The zero-order chi connectivity index (χ0) is 42.0. The van der Waals surface area contributed by atoms with Crippen molar-refractivity contribution in [3.05, 3.63) is 65.9 Å². The molecule has 59 heavy (non-hydrogen) atoms. The number of carbonyl (C=O) groups excluding carboxylic acids is 4. The van der Waals surface area contributed by atoms with Gasteiger partial charge in [0.15, 0.2) is 0 Å². The number of hydrogen-bond donors (Lipinski definition) is 5. The summed E-state index contributed by atoms with van der Waals surface area (Å²) in [5.74, 6) is 1.89. The number of likely N-dealkylation sites (tertiary alicyclic amines) is 1. The largest absolute Gasteiger partial charge is 0.488 e. The first kappa shape index (κ1) is 41.1. The second-order valence-electron chi connectivity index (χ2n) is 16.0. The predicted molar refractivity (Wildman–Crippen MR) is 224 cm³/mol. The molecule has 5 N–H and O–H groups in total. The van der Waals surface area contributed by atoms with Gasteiger partial charge in [0, 0.05) is 29.5 Å². The highest BCUT2D eigenvalue weighted by atomic mass is 16.5. The van der Waals surface area contributed by atoms with Gasteiger partial charge in [0.25, 0.3) is 0 Å². The van der Waals surface area contributed by atoms with Gasteiger partial charge < -0.3 is 45.0 Å². The Bertz CT molecular complexity index is 2370. The summed E-state index contributed by atoms with van der Waals surface area (Å²) < 4.78 is 15.8. The molecule has 5 aromatic rings. The summed E-state index contributed by atoms with van der Waals surface area (Å²) in [6, 6.07) is 13.1. The number of ether oxygens (including phenoxy) is 3. The minimum atomic E-state index is -0.712. The van der Waals surface area contributed by atoms with Crippen molar-refractivity contribution in [1.82, 2.24) is 40.8 Å². The van der Waals surface area contributed by atoms with Crippen molar-refractivity contribution in [2.24, 2.45) is 5.92 Å². The van der Waals surface area contributed by atoms with Crippen molar-refractivity contribution < 1.29 is 33.4 Å². The number of H-pyrrole nitrogens is 2. The van der Waals surface area contributed by atoms with E-state index < -0.39 is 24.3 Å². The standard InChI is InChI=1S/C44H54N8O7/c1-8-32(49-43(55)57-6)41(53)46-24(4)10-9-11-37-47-33-16-14-26-19-31-29-15-13-27(18-28(29)22-59-36(31)20-30(26)39(33)50-37)34-21-45-40(48-34)35-17-12-25(5)52(35)42(54)38(23(2)3)51-44(56)58-7/h13-16,18-21,23-25,32,35,38H,8-12,17,22H2,1-7H3,(H,45,48)(H,46,53)(H,47,50)(H,49,55)(H,51,56). The number of fused-ring (bicyclic) bond motifs is 6. The second kappa shape index (κ2) is 17.4. The van der Waals surface area contributed by atoms with Crippen LogP contribution in [0.15, 0.2) is 48.7 Å². The maximum absolute atomic E-state index is 13.8. The fourth-order valence-corrected chi connectivity index (χ4v) is 8.31. The zero-order valence-corrected chi connectivity index (χ0v) is 34.7. The summed E-state index contributed by atoms with van der Waals surface area (Å²) in [4.78, 5) is 68.7. The Labute approximate surface area is 343 Å². The maximum Gasteiger partial charge on any atom is 0.407 e. The number of rotatable bonds is 13. The molecule has 5 atom stereocenters. The summed E-state index contributed by atoms with van der Waals surface area (Å²) in [6.07, 6.45) is 4.88. The molecule has 2 aliphatic rings. The molecule has 1 fully saturated rings. The van der Waals surface area contributed by atoms with Crippen LogP contribution in [0.4, 0.5) is 9.59 Å². The Balaban J connectivity index is 1.04. The van der Waals surface area contributed by atoms with Gasteiger partial charge in [-0.05, 0) is 98.2 Å². The van der Waals surface area contributed by atoms with Gasteiger partial charge in [0.2, 0.25) is 11.8 Å². The van der Waals surface area contributed by atoms with E-state index in [9.17, 15) is 19.2 Å². The molecule has 5 unspecified atom stereocenters. The van der Waals surface area contributed by atoms with Crippen LogP contribution in [0.3, 0.4) is 0 Å². The van der Waals surface area contributed by atoms with Crippen LogP contribution in [0.1, 0.15) is 90.0 Å².